The summed E-state index contributed by atoms with van der Waals surface area (Å²) in [6.07, 6.45) is 1.24. The molecule has 17 heavy (non-hydrogen) atoms. The average Bonchev–Trinajstić information content (AvgIpc) is 2.56. The maximum Gasteiger partial charge on any atom is 0.323 e. The van der Waals surface area contributed by atoms with E-state index >= 15 is 0 Å². The van der Waals surface area contributed by atoms with Gasteiger partial charge >= 0.3 is 5.97 Å². The number of carbonyl (C=O) groups is 1. The van der Waals surface area contributed by atoms with Crippen molar-refractivity contribution in [2.45, 2.75) is 11.4 Å². The number of aliphatic carboxylic acids is 1. The molecule has 0 saturated heterocycles. The Balaban J connectivity index is 2.75. The molecule has 0 saturated carbocycles. The summed E-state index contributed by atoms with van der Waals surface area (Å²) in [5.74, 6) is -1.05. The fourth-order valence-corrected chi connectivity index (χ4v) is 2.74. The van der Waals surface area contributed by atoms with Crippen molar-refractivity contribution in [2.75, 3.05) is 0 Å². The molecule has 0 spiro atoms. The number of hydrogen-bond acceptors (Lipinski definition) is 3. The minimum Gasteiger partial charge on any atom is -0.480 e. The second kappa shape index (κ2) is 4.05. The average molecular weight is 274 g/mol. The molecule has 5 nitrogen and oxygen atoms in total. The first kappa shape index (κ1) is 11.9. The lowest BCUT2D eigenvalue weighted by molar-refractivity contribution is -0.137. The van der Waals surface area contributed by atoms with E-state index in [2.05, 4.69) is 0 Å². The Bertz CT molecular complexity index is 689. The molecule has 7 heteroatoms. The van der Waals surface area contributed by atoms with E-state index in [-0.39, 0.29) is 11.4 Å². The van der Waals surface area contributed by atoms with Crippen LogP contribution in [-0.4, -0.2) is 24.1 Å². The largest absolute Gasteiger partial charge is 0.480 e. The van der Waals surface area contributed by atoms with Gasteiger partial charge in [0.25, 0.3) is 9.05 Å². The summed E-state index contributed by atoms with van der Waals surface area (Å²) in [7, 11) is 1.41. The first-order valence-electron chi connectivity index (χ1n) is 4.64. The van der Waals surface area contributed by atoms with Crippen molar-refractivity contribution in [3.05, 3.63) is 30.5 Å². The quantitative estimate of drug-likeness (QED) is 0.863. The van der Waals surface area contributed by atoms with Gasteiger partial charge in [0.05, 0.1) is 0 Å². The van der Waals surface area contributed by atoms with Gasteiger partial charge in [0.1, 0.15) is 11.4 Å². The number of carboxylic acids is 1. The van der Waals surface area contributed by atoms with Gasteiger partial charge in [-0.05, 0) is 6.07 Å². The second-order valence-electron chi connectivity index (χ2n) is 3.47. The van der Waals surface area contributed by atoms with Crippen LogP contribution in [0, 0.1) is 0 Å². The van der Waals surface area contributed by atoms with E-state index < -0.39 is 15.0 Å². The molecule has 1 aromatic heterocycles. The smallest absolute Gasteiger partial charge is 0.323 e. The molecule has 0 fully saturated rings. The van der Waals surface area contributed by atoms with E-state index in [1.807, 2.05) is 0 Å². The molecule has 0 atom stereocenters. The van der Waals surface area contributed by atoms with Crippen molar-refractivity contribution in [3.8, 4) is 0 Å². The fourth-order valence-electron chi connectivity index (χ4n) is 1.68. The number of benzene rings is 1. The summed E-state index contributed by atoms with van der Waals surface area (Å²) in [6.45, 7) is -0.313. The zero-order chi connectivity index (χ0) is 12.6. The van der Waals surface area contributed by atoms with Gasteiger partial charge in [0, 0.05) is 27.8 Å². The number of fused-ring (bicyclic) bond motifs is 1. The predicted molar refractivity (Wildman–Crippen MR) is 62.6 cm³/mol. The lowest BCUT2D eigenvalue weighted by Gasteiger charge is -1.99. The van der Waals surface area contributed by atoms with E-state index in [1.165, 1.54) is 10.8 Å². The molecule has 0 aliphatic carbocycles. The third kappa shape index (κ3) is 2.27. The van der Waals surface area contributed by atoms with Gasteiger partial charge in [-0.3, -0.25) is 4.79 Å². The van der Waals surface area contributed by atoms with Crippen LogP contribution in [0.3, 0.4) is 0 Å². The third-order valence-electron chi connectivity index (χ3n) is 2.32. The van der Waals surface area contributed by atoms with Crippen molar-refractivity contribution in [1.29, 1.82) is 0 Å². The van der Waals surface area contributed by atoms with Gasteiger partial charge in [0.2, 0.25) is 0 Å². The van der Waals surface area contributed by atoms with Crippen LogP contribution in [0.2, 0.25) is 0 Å². The Morgan fingerprint density at radius 3 is 2.59 bits per heavy atom. The van der Waals surface area contributed by atoms with Crippen molar-refractivity contribution in [2.24, 2.45) is 0 Å². The summed E-state index contributed by atoms with van der Waals surface area (Å²) in [4.78, 5) is 10.6. The van der Waals surface area contributed by atoms with Crippen molar-refractivity contribution in [3.63, 3.8) is 0 Å². The van der Waals surface area contributed by atoms with Crippen molar-refractivity contribution in [1.82, 2.24) is 4.57 Å². The molecule has 0 aliphatic rings. The summed E-state index contributed by atoms with van der Waals surface area (Å²) >= 11 is 0. The number of hydrogen-bond donors (Lipinski definition) is 1. The third-order valence-corrected chi connectivity index (χ3v) is 3.67. The van der Waals surface area contributed by atoms with E-state index in [0.717, 1.165) is 0 Å². The Kier molecular flexibility index (Phi) is 2.84. The minimum absolute atomic E-state index is 0.0731. The zero-order valence-corrected chi connectivity index (χ0v) is 10.1. The van der Waals surface area contributed by atoms with Crippen molar-refractivity contribution < 1.29 is 18.3 Å². The Hall–Kier alpha value is -1.53. The minimum atomic E-state index is -3.89. The van der Waals surface area contributed by atoms with Crippen LogP contribution >= 0.6 is 10.7 Å². The maximum absolute atomic E-state index is 11.4. The molecule has 0 amide bonds. The molecular weight excluding hydrogens is 266 g/mol. The first-order chi connectivity index (χ1) is 7.89. The van der Waals surface area contributed by atoms with E-state index in [1.54, 1.807) is 24.3 Å². The summed E-state index contributed by atoms with van der Waals surface area (Å²) < 4.78 is 24.0. The molecule has 1 heterocycles. The normalized spacial score (nSPS) is 11.8. The lowest BCUT2D eigenvalue weighted by Crippen LogP contribution is -2.07. The standard InChI is InChI=1S/C10H8ClNO4S/c11-17(15,16)9-5-12(6-10(13)14)8-4-2-1-3-7(8)9/h1-5H,6H2,(H,13,14). The van der Waals surface area contributed by atoms with Gasteiger partial charge in [-0.15, -0.1) is 0 Å². The van der Waals surface area contributed by atoms with E-state index in [0.29, 0.717) is 10.9 Å². The summed E-state index contributed by atoms with van der Waals surface area (Å²) in [5.41, 5.74) is 0.522. The molecule has 90 valence electrons. The van der Waals surface area contributed by atoms with E-state index in [9.17, 15) is 13.2 Å². The highest BCUT2D eigenvalue weighted by atomic mass is 35.7. The molecule has 0 radical (unpaired) electrons. The number of halogens is 1. The van der Waals surface area contributed by atoms with Gasteiger partial charge in [-0.2, -0.15) is 0 Å². The molecule has 2 rings (SSSR count). The predicted octanol–water partition coefficient (Wildman–Crippen LogP) is 1.65. The topological polar surface area (TPSA) is 76.4 Å². The Morgan fingerprint density at radius 2 is 2.00 bits per heavy atom. The number of aromatic nitrogens is 1. The van der Waals surface area contributed by atoms with Gasteiger partial charge in [0.15, 0.2) is 0 Å². The van der Waals surface area contributed by atoms with Gasteiger partial charge in [-0.25, -0.2) is 8.42 Å². The molecule has 0 bridgehead atoms. The zero-order valence-electron chi connectivity index (χ0n) is 8.50. The molecule has 2 aromatic rings. The van der Waals surface area contributed by atoms with Crippen LogP contribution < -0.4 is 0 Å². The molecular formula is C10H8ClNO4S. The number of para-hydroxylation sites is 1. The highest BCUT2D eigenvalue weighted by Crippen LogP contribution is 2.27. The summed E-state index contributed by atoms with van der Waals surface area (Å²) in [6, 6.07) is 6.59. The molecule has 0 aliphatic heterocycles. The number of carboxylic acid groups (broad SMARTS) is 1. The Labute approximate surface area is 102 Å². The maximum atomic E-state index is 11.4. The molecule has 1 N–H and O–H groups in total. The van der Waals surface area contributed by atoms with Crippen LogP contribution in [0.4, 0.5) is 0 Å². The van der Waals surface area contributed by atoms with Gasteiger partial charge in [-0.1, -0.05) is 18.2 Å². The first-order valence-corrected chi connectivity index (χ1v) is 6.95. The highest BCUT2D eigenvalue weighted by Gasteiger charge is 2.19. The Morgan fingerprint density at radius 1 is 1.35 bits per heavy atom. The van der Waals surface area contributed by atoms with E-state index in [4.69, 9.17) is 15.8 Å². The fraction of sp³-hybridized carbons (Fsp3) is 0.100. The van der Waals surface area contributed by atoms with Crippen molar-refractivity contribution >= 4 is 36.6 Å². The lowest BCUT2D eigenvalue weighted by atomic mass is 10.2. The highest BCUT2D eigenvalue weighted by molar-refractivity contribution is 8.14. The number of rotatable bonds is 3. The van der Waals surface area contributed by atoms with Crippen LogP contribution in [0.25, 0.3) is 10.9 Å². The molecule has 1 aromatic carbocycles. The SMILES string of the molecule is O=C(O)Cn1cc(S(=O)(=O)Cl)c2ccccc21. The van der Waals surface area contributed by atoms with Gasteiger partial charge < -0.3 is 9.67 Å². The summed E-state index contributed by atoms with van der Waals surface area (Å²) in [5, 5.41) is 9.16. The van der Waals surface area contributed by atoms with Crippen LogP contribution in [-0.2, 0) is 20.4 Å². The van der Waals surface area contributed by atoms with Crippen LogP contribution in [0.15, 0.2) is 35.4 Å². The molecule has 0 unspecified atom stereocenters. The van der Waals surface area contributed by atoms with Crippen LogP contribution in [0.5, 0.6) is 0 Å². The second-order valence-corrected chi connectivity index (χ2v) is 6.00. The van der Waals surface area contributed by atoms with Crippen LogP contribution in [0.1, 0.15) is 0 Å². The monoisotopic (exact) mass is 273 g/mol. The number of nitrogens with zero attached hydrogens (tertiary/aromatic N) is 1.